The molecule has 166 valence electrons. The number of amides is 2. The van der Waals surface area contributed by atoms with Crippen molar-refractivity contribution in [1.29, 1.82) is 0 Å². The number of carbonyl (C=O) groups is 2. The molecule has 1 fully saturated rings. The number of aromatic nitrogens is 2. The van der Waals surface area contributed by atoms with E-state index < -0.39 is 29.5 Å². The van der Waals surface area contributed by atoms with Gasteiger partial charge >= 0.3 is 0 Å². The van der Waals surface area contributed by atoms with Gasteiger partial charge in [0, 0.05) is 12.1 Å². The third-order valence-electron chi connectivity index (χ3n) is 5.38. The lowest BCUT2D eigenvalue weighted by Crippen LogP contribution is -2.50. The summed E-state index contributed by atoms with van der Waals surface area (Å²) in [6, 6.07) is 12.2. The van der Waals surface area contributed by atoms with Crippen molar-refractivity contribution in [2.45, 2.75) is 32.4 Å². The van der Waals surface area contributed by atoms with Gasteiger partial charge in [0.05, 0.1) is 17.0 Å². The number of nitrogens with zero attached hydrogens (tertiary/aromatic N) is 2. The zero-order valence-electron chi connectivity index (χ0n) is 17.4. The van der Waals surface area contributed by atoms with Crippen molar-refractivity contribution < 1.29 is 18.4 Å². The highest BCUT2D eigenvalue weighted by molar-refractivity contribution is 5.98. The highest BCUT2D eigenvalue weighted by Crippen LogP contribution is 2.22. The Bertz CT molecular complexity index is 1160. The molecule has 1 saturated heterocycles. The molecule has 2 amide bonds. The lowest BCUT2D eigenvalue weighted by molar-refractivity contribution is -0.123. The molecule has 10 heteroatoms. The van der Waals surface area contributed by atoms with Crippen molar-refractivity contribution in [2.75, 3.05) is 0 Å². The fourth-order valence-corrected chi connectivity index (χ4v) is 3.76. The van der Waals surface area contributed by atoms with Crippen molar-refractivity contribution in [3.8, 4) is 5.69 Å². The summed E-state index contributed by atoms with van der Waals surface area (Å²) in [6.07, 6.45) is 0.506. The van der Waals surface area contributed by atoms with Crippen LogP contribution in [-0.2, 0) is 4.79 Å². The minimum absolute atomic E-state index is 0.0169. The molecule has 2 heterocycles. The van der Waals surface area contributed by atoms with Gasteiger partial charge in [0.1, 0.15) is 17.5 Å². The van der Waals surface area contributed by atoms with Crippen LogP contribution in [0.15, 0.2) is 48.5 Å². The third-order valence-corrected chi connectivity index (χ3v) is 5.38. The third kappa shape index (κ3) is 4.23. The summed E-state index contributed by atoms with van der Waals surface area (Å²) in [7, 11) is 0. The molecule has 0 spiro atoms. The van der Waals surface area contributed by atoms with Gasteiger partial charge in [0.15, 0.2) is 5.82 Å². The average Bonchev–Trinajstić information content (AvgIpc) is 3.38. The number of hydrogen-bond acceptors (Lipinski definition) is 5. The van der Waals surface area contributed by atoms with E-state index in [-0.39, 0.29) is 17.3 Å². The Morgan fingerprint density at radius 1 is 1.06 bits per heavy atom. The molecule has 4 rings (SSSR count). The molecule has 8 nitrogen and oxygen atoms in total. The van der Waals surface area contributed by atoms with Gasteiger partial charge in [-0.25, -0.2) is 24.3 Å². The zero-order valence-corrected chi connectivity index (χ0v) is 17.4. The number of aryl methyl sites for hydroxylation is 1. The van der Waals surface area contributed by atoms with Crippen LogP contribution in [0, 0.1) is 25.5 Å². The Morgan fingerprint density at radius 2 is 1.81 bits per heavy atom. The molecule has 1 aromatic heterocycles. The predicted octanol–water partition coefficient (Wildman–Crippen LogP) is 2.14. The second kappa shape index (κ2) is 8.85. The van der Waals surface area contributed by atoms with Gasteiger partial charge in [-0.05, 0) is 38.0 Å². The highest BCUT2D eigenvalue weighted by atomic mass is 19.1. The maximum absolute atomic E-state index is 14.2. The number of hydrogen-bond donors (Lipinski definition) is 4. The van der Waals surface area contributed by atoms with Gasteiger partial charge < -0.3 is 0 Å². The molecule has 2 aromatic carbocycles. The lowest BCUT2D eigenvalue weighted by atomic mass is 10.0. The smallest absolute Gasteiger partial charge is 0.271 e. The van der Waals surface area contributed by atoms with Gasteiger partial charge in [-0.15, -0.1) is 0 Å². The summed E-state index contributed by atoms with van der Waals surface area (Å²) in [5, 5.41) is 4.20. The summed E-state index contributed by atoms with van der Waals surface area (Å²) >= 11 is 0. The lowest BCUT2D eigenvalue weighted by Gasteiger charge is -2.12. The van der Waals surface area contributed by atoms with E-state index in [0.29, 0.717) is 17.8 Å². The van der Waals surface area contributed by atoms with Crippen molar-refractivity contribution in [2.24, 2.45) is 0 Å². The average molecular weight is 440 g/mol. The summed E-state index contributed by atoms with van der Waals surface area (Å²) < 4.78 is 28.6. The second-order valence-electron chi connectivity index (χ2n) is 7.54. The first kappa shape index (κ1) is 21.6. The SMILES string of the molecule is Cc1nn(-c2ccc(F)cc2F)c(C)c1C(=O)NNC(=O)C1CC(c2ccccc2)NN1. The number of nitrogens with one attached hydrogen (secondary N) is 4. The maximum atomic E-state index is 14.2. The number of hydrazine groups is 2. The predicted molar refractivity (Wildman–Crippen MR) is 112 cm³/mol. The van der Waals surface area contributed by atoms with Crippen molar-refractivity contribution in [1.82, 2.24) is 31.5 Å². The largest absolute Gasteiger partial charge is 0.273 e. The summed E-state index contributed by atoms with van der Waals surface area (Å²) in [4.78, 5) is 25.2. The van der Waals surface area contributed by atoms with E-state index in [9.17, 15) is 18.4 Å². The first-order valence-electron chi connectivity index (χ1n) is 10.0. The molecule has 1 aliphatic rings. The van der Waals surface area contributed by atoms with Crippen molar-refractivity contribution in [3.05, 3.63) is 82.7 Å². The van der Waals surface area contributed by atoms with Crippen LogP contribution in [0.3, 0.4) is 0 Å². The van der Waals surface area contributed by atoms with E-state index in [1.165, 1.54) is 10.7 Å². The molecule has 2 unspecified atom stereocenters. The molecule has 0 aliphatic carbocycles. The van der Waals surface area contributed by atoms with E-state index in [4.69, 9.17) is 0 Å². The first-order chi connectivity index (χ1) is 15.3. The van der Waals surface area contributed by atoms with Gasteiger partial charge in [0.2, 0.25) is 0 Å². The van der Waals surface area contributed by atoms with E-state index >= 15 is 0 Å². The normalized spacial score (nSPS) is 17.9. The molecule has 0 bridgehead atoms. The molecule has 2 atom stereocenters. The summed E-state index contributed by atoms with van der Waals surface area (Å²) in [5.41, 5.74) is 12.7. The fraction of sp³-hybridized carbons (Fsp3) is 0.227. The Morgan fingerprint density at radius 3 is 2.53 bits per heavy atom. The number of rotatable bonds is 4. The van der Waals surface area contributed by atoms with Gasteiger partial charge in [0.25, 0.3) is 11.8 Å². The molecule has 0 radical (unpaired) electrons. The standard InChI is InChI=1S/C22H22F2N6O2/c1-12-20(13(2)30(29-12)19-9-8-15(23)10-16(19)24)22(32)28-27-21(31)18-11-17(25-26-18)14-6-4-3-5-7-14/h3-10,17-18,25-26H,11H2,1-2H3,(H,27,31)(H,28,32). The Labute approximate surface area is 182 Å². The van der Waals surface area contributed by atoms with Gasteiger partial charge in [-0.3, -0.25) is 20.4 Å². The van der Waals surface area contributed by atoms with Gasteiger partial charge in [-0.1, -0.05) is 30.3 Å². The van der Waals surface area contributed by atoms with Crippen LogP contribution < -0.4 is 21.7 Å². The van der Waals surface area contributed by atoms with Crippen molar-refractivity contribution >= 4 is 11.8 Å². The molecular formula is C22H22F2N6O2. The Hall–Kier alpha value is -3.63. The van der Waals surface area contributed by atoms with Crippen LogP contribution in [0.1, 0.15) is 39.8 Å². The van der Waals surface area contributed by atoms with Crippen LogP contribution in [-0.4, -0.2) is 27.6 Å². The molecule has 3 aromatic rings. The Kier molecular flexibility index (Phi) is 5.97. The molecule has 1 aliphatic heterocycles. The molecule has 32 heavy (non-hydrogen) atoms. The fourth-order valence-electron chi connectivity index (χ4n) is 3.76. The summed E-state index contributed by atoms with van der Waals surface area (Å²) in [6.45, 7) is 3.18. The number of halogens is 2. The topological polar surface area (TPSA) is 100 Å². The minimum atomic E-state index is -0.802. The Balaban J connectivity index is 1.41. The first-order valence-corrected chi connectivity index (χ1v) is 10.0. The quantitative estimate of drug-likeness (QED) is 0.466. The number of benzene rings is 2. The van der Waals surface area contributed by atoms with E-state index in [2.05, 4.69) is 26.8 Å². The van der Waals surface area contributed by atoms with E-state index in [0.717, 1.165) is 17.7 Å². The van der Waals surface area contributed by atoms with E-state index in [1.54, 1.807) is 13.8 Å². The summed E-state index contributed by atoms with van der Waals surface area (Å²) in [5.74, 6) is -2.51. The van der Waals surface area contributed by atoms with Crippen molar-refractivity contribution in [3.63, 3.8) is 0 Å². The molecule has 4 N–H and O–H groups in total. The maximum Gasteiger partial charge on any atom is 0.273 e. The minimum Gasteiger partial charge on any atom is -0.271 e. The van der Waals surface area contributed by atoms with Crippen LogP contribution in [0.5, 0.6) is 0 Å². The van der Waals surface area contributed by atoms with Crippen LogP contribution in [0.4, 0.5) is 8.78 Å². The monoisotopic (exact) mass is 440 g/mol. The van der Waals surface area contributed by atoms with E-state index in [1.807, 2.05) is 30.3 Å². The van der Waals surface area contributed by atoms with Crippen LogP contribution >= 0.6 is 0 Å². The zero-order chi connectivity index (χ0) is 22.8. The molecule has 0 saturated carbocycles. The molecular weight excluding hydrogens is 418 g/mol. The van der Waals surface area contributed by atoms with Crippen LogP contribution in [0.2, 0.25) is 0 Å². The second-order valence-corrected chi connectivity index (χ2v) is 7.54. The van der Waals surface area contributed by atoms with Gasteiger partial charge in [-0.2, -0.15) is 5.10 Å². The highest BCUT2D eigenvalue weighted by Gasteiger charge is 2.30. The number of carbonyl (C=O) groups excluding carboxylic acids is 2. The van der Waals surface area contributed by atoms with Crippen LogP contribution in [0.25, 0.3) is 5.69 Å².